The number of hydrogen-bond donors (Lipinski definition) is 1. The maximum atomic E-state index is 3.60. The van der Waals surface area contributed by atoms with Crippen LogP contribution in [0.25, 0.3) is 0 Å². The van der Waals surface area contributed by atoms with Gasteiger partial charge in [-0.2, -0.15) is 0 Å². The molecule has 1 fully saturated rings. The first-order valence-corrected chi connectivity index (χ1v) is 6.01. The van der Waals surface area contributed by atoms with E-state index in [0.717, 1.165) is 5.92 Å². The molecule has 0 aromatic carbocycles. The van der Waals surface area contributed by atoms with Crippen LogP contribution in [-0.4, -0.2) is 6.54 Å². The zero-order valence-electron chi connectivity index (χ0n) is 8.12. The Kier molecular flexibility index (Phi) is 3.01. The third-order valence-corrected chi connectivity index (χ3v) is 3.96. The molecule has 0 amide bonds. The van der Waals surface area contributed by atoms with Crippen molar-refractivity contribution >= 4 is 11.3 Å². The molecule has 1 unspecified atom stereocenters. The Balaban J connectivity index is 1.74. The minimum atomic E-state index is 0.542. The molecule has 0 bridgehead atoms. The molecule has 1 nitrogen and oxygen atoms in total. The minimum absolute atomic E-state index is 0.542. The highest BCUT2D eigenvalue weighted by atomic mass is 32.1. The second-order valence-corrected chi connectivity index (χ2v) is 4.92. The van der Waals surface area contributed by atoms with Crippen LogP contribution < -0.4 is 5.32 Å². The van der Waals surface area contributed by atoms with Crippen LogP contribution in [0, 0.1) is 5.92 Å². The second-order valence-electron chi connectivity index (χ2n) is 3.94. The van der Waals surface area contributed by atoms with Crippen molar-refractivity contribution in [3.05, 3.63) is 22.4 Å². The van der Waals surface area contributed by atoms with Crippen molar-refractivity contribution in [3.8, 4) is 0 Å². The fourth-order valence-electron chi connectivity index (χ4n) is 1.68. The van der Waals surface area contributed by atoms with E-state index in [-0.39, 0.29) is 0 Å². The van der Waals surface area contributed by atoms with Gasteiger partial charge >= 0.3 is 0 Å². The third kappa shape index (κ3) is 2.32. The van der Waals surface area contributed by atoms with Crippen LogP contribution in [0.3, 0.4) is 0 Å². The molecule has 13 heavy (non-hydrogen) atoms. The quantitative estimate of drug-likeness (QED) is 0.778. The van der Waals surface area contributed by atoms with Gasteiger partial charge in [-0.3, -0.25) is 0 Å². The topological polar surface area (TPSA) is 12.0 Å². The van der Waals surface area contributed by atoms with Crippen LogP contribution in [0.2, 0.25) is 0 Å². The molecule has 1 aliphatic carbocycles. The van der Waals surface area contributed by atoms with Crippen LogP contribution in [0.5, 0.6) is 0 Å². The number of hydrogen-bond acceptors (Lipinski definition) is 2. The lowest BCUT2D eigenvalue weighted by molar-refractivity contribution is 0.293. The fourth-order valence-corrected chi connectivity index (χ4v) is 2.44. The third-order valence-electron chi connectivity index (χ3n) is 2.91. The molecule has 1 heterocycles. The number of thiophene rings is 1. The van der Waals surface area contributed by atoms with E-state index in [1.807, 2.05) is 11.3 Å². The maximum absolute atomic E-state index is 3.60. The lowest BCUT2D eigenvalue weighted by Crippen LogP contribution is -2.28. The van der Waals surface area contributed by atoms with E-state index in [1.165, 1.54) is 30.7 Å². The van der Waals surface area contributed by atoms with Gasteiger partial charge in [-0.05, 0) is 43.7 Å². The van der Waals surface area contributed by atoms with Crippen molar-refractivity contribution in [2.24, 2.45) is 5.92 Å². The van der Waals surface area contributed by atoms with Gasteiger partial charge in [0.25, 0.3) is 0 Å². The molecular formula is C11H17NS. The van der Waals surface area contributed by atoms with E-state index < -0.39 is 0 Å². The standard InChI is InChI=1S/C11H17NS/c1-9(11-6-3-7-13-11)12-8-10-4-2-5-10/h3,6-7,9-10,12H,2,4-5,8H2,1H3. The van der Waals surface area contributed by atoms with Gasteiger partial charge in [0.1, 0.15) is 0 Å². The Bertz CT molecular complexity index is 239. The summed E-state index contributed by atoms with van der Waals surface area (Å²) in [6.07, 6.45) is 4.31. The van der Waals surface area contributed by atoms with E-state index in [9.17, 15) is 0 Å². The molecule has 1 N–H and O–H groups in total. The van der Waals surface area contributed by atoms with Crippen molar-refractivity contribution in [3.63, 3.8) is 0 Å². The lowest BCUT2D eigenvalue weighted by Gasteiger charge is -2.27. The van der Waals surface area contributed by atoms with Gasteiger partial charge < -0.3 is 5.32 Å². The zero-order valence-corrected chi connectivity index (χ0v) is 8.94. The molecule has 1 atom stereocenters. The Morgan fingerprint density at radius 2 is 2.46 bits per heavy atom. The van der Waals surface area contributed by atoms with Crippen molar-refractivity contribution < 1.29 is 0 Å². The van der Waals surface area contributed by atoms with E-state index in [1.54, 1.807) is 0 Å². The average molecular weight is 195 g/mol. The molecule has 0 saturated heterocycles. The number of rotatable bonds is 4. The Hall–Kier alpha value is -0.340. The molecule has 72 valence electrons. The molecule has 0 radical (unpaired) electrons. The maximum Gasteiger partial charge on any atom is 0.0386 e. The number of nitrogens with one attached hydrogen (secondary N) is 1. The summed E-state index contributed by atoms with van der Waals surface area (Å²) >= 11 is 1.85. The summed E-state index contributed by atoms with van der Waals surface area (Å²) in [5.74, 6) is 0.961. The van der Waals surface area contributed by atoms with E-state index >= 15 is 0 Å². The van der Waals surface area contributed by atoms with E-state index in [0.29, 0.717) is 6.04 Å². The van der Waals surface area contributed by atoms with Gasteiger partial charge in [-0.25, -0.2) is 0 Å². The van der Waals surface area contributed by atoms with Gasteiger partial charge in [0.05, 0.1) is 0 Å². The SMILES string of the molecule is CC(NCC1CCC1)c1cccs1. The molecule has 1 aromatic heterocycles. The molecule has 1 aliphatic rings. The van der Waals surface area contributed by atoms with Crippen molar-refractivity contribution in [1.82, 2.24) is 5.32 Å². The molecule has 2 heteroatoms. The first-order valence-electron chi connectivity index (χ1n) is 5.13. The van der Waals surface area contributed by atoms with Crippen LogP contribution >= 0.6 is 11.3 Å². The van der Waals surface area contributed by atoms with Crippen LogP contribution in [0.4, 0.5) is 0 Å². The Labute approximate surface area is 84.2 Å². The second kappa shape index (κ2) is 4.25. The Morgan fingerprint density at radius 1 is 1.62 bits per heavy atom. The fraction of sp³-hybridized carbons (Fsp3) is 0.636. The van der Waals surface area contributed by atoms with Gasteiger partial charge in [-0.15, -0.1) is 11.3 Å². The normalized spacial score (nSPS) is 19.8. The zero-order chi connectivity index (χ0) is 9.10. The lowest BCUT2D eigenvalue weighted by atomic mass is 9.85. The van der Waals surface area contributed by atoms with Crippen LogP contribution in [-0.2, 0) is 0 Å². The van der Waals surface area contributed by atoms with E-state index in [4.69, 9.17) is 0 Å². The monoisotopic (exact) mass is 195 g/mol. The van der Waals surface area contributed by atoms with Gasteiger partial charge in [-0.1, -0.05) is 12.5 Å². The summed E-state index contributed by atoms with van der Waals surface area (Å²) in [5, 5.41) is 5.75. The largest absolute Gasteiger partial charge is 0.309 e. The first-order chi connectivity index (χ1) is 6.36. The van der Waals surface area contributed by atoms with Gasteiger partial charge in [0.15, 0.2) is 0 Å². The van der Waals surface area contributed by atoms with Crippen molar-refractivity contribution in [2.45, 2.75) is 32.2 Å². The van der Waals surface area contributed by atoms with Crippen LogP contribution in [0.1, 0.15) is 37.1 Å². The predicted octanol–water partition coefficient (Wildman–Crippen LogP) is 3.20. The first kappa shape index (κ1) is 9.22. The van der Waals surface area contributed by atoms with Gasteiger partial charge in [0, 0.05) is 10.9 Å². The summed E-state index contributed by atoms with van der Waals surface area (Å²) in [6.45, 7) is 3.46. The smallest absolute Gasteiger partial charge is 0.0386 e. The average Bonchev–Trinajstić information content (AvgIpc) is 2.52. The summed E-state index contributed by atoms with van der Waals surface area (Å²) in [6, 6.07) is 4.88. The van der Waals surface area contributed by atoms with Crippen molar-refractivity contribution in [2.75, 3.05) is 6.54 Å². The van der Waals surface area contributed by atoms with Crippen LogP contribution in [0.15, 0.2) is 17.5 Å². The van der Waals surface area contributed by atoms with Crippen molar-refractivity contribution in [1.29, 1.82) is 0 Å². The summed E-state index contributed by atoms with van der Waals surface area (Å²) in [5.41, 5.74) is 0. The molecule has 0 spiro atoms. The summed E-state index contributed by atoms with van der Waals surface area (Å²) in [4.78, 5) is 1.46. The molecule has 0 aliphatic heterocycles. The molecule has 2 rings (SSSR count). The molecule has 1 saturated carbocycles. The predicted molar refractivity (Wildman–Crippen MR) is 58.1 cm³/mol. The Morgan fingerprint density at radius 3 is 3.00 bits per heavy atom. The summed E-state index contributed by atoms with van der Waals surface area (Å²) in [7, 11) is 0. The molecule has 1 aromatic rings. The minimum Gasteiger partial charge on any atom is -0.309 e. The summed E-state index contributed by atoms with van der Waals surface area (Å²) < 4.78 is 0. The highest BCUT2D eigenvalue weighted by molar-refractivity contribution is 7.10. The molecular weight excluding hydrogens is 178 g/mol. The highest BCUT2D eigenvalue weighted by Crippen LogP contribution is 2.26. The van der Waals surface area contributed by atoms with Gasteiger partial charge in [0.2, 0.25) is 0 Å². The van der Waals surface area contributed by atoms with E-state index in [2.05, 4.69) is 29.8 Å². The highest BCUT2D eigenvalue weighted by Gasteiger charge is 2.17.